The van der Waals surface area contributed by atoms with Crippen molar-refractivity contribution in [3.63, 3.8) is 0 Å². The van der Waals surface area contributed by atoms with Gasteiger partial charge in [0.1, 0.15) is 0 Å². The van der Waals surface area contributed by atoms with E-state index in [1.807, 2.05) is 18.3 Å². The molecule has 0 aliphatic heterocycles. The van der Waals surface area contributed by atoms with Crippen LogP contribution in [0.25, 0.3) is 32.8 Å². The zero-order valence-electron chi connectivity index (χ0n) is 11.2. The Hall–Kier alpha value is -1.98. The Morgan fingerprint density at radius 1 is 0.762 bits per heavy atom. The molecule has 0 radical (unpaired) electrons. The SMILES string of the molecule is [Pt].[c-]1ccc2ccccc2c1-c1cc2ccccc2cn1. The number of benzene rings is 3. The van der Waals surface area contributed by atoms with Gasteiger partial charge >= 0.3 is 0 Å². The van der Waals surface area contributed by atoms with E-state index in [-0.39, 0.29) is 21.1 Å². The molecule has 21 heavy (non-hydrogen) atoms. The summed E-state index contributed by atoms with van der Waals surface area (Å²) in [5, 5.41) is 4.78. The van der Waals surface area contributed by atoms with Crippen LogP contribution in [0.3, 0.4) is 0 Å². The van der Waals surface area contributed by atoms with Crippen LogP contribution in [-0.2, 0) is 21.1 Å². The van der Waals surface area contributed by atoms with Crippen LogP contribution in [0.1, 0.15) is 0 Å². The molecule has 4 aromatic rings. The number of fused-ring (bicyclic) bond motifs is 2. The van der Waals surface area contributed by atoms with Crippen molar-refractivity contribution in [2.24, 2.45) is 0 Å². The van der Waals surface area contributed by atoms with Gasteiger partial charge in [-0.3, -0.25) is 0 Å². The minimum atomic E-state index is 0. The van der Waals surface area contributed by atoms with Crippen LogP contribution in [0.2, 0.25) is 0 Å². The molecule has 2 heteroatoms. The van der Waals surface area contributed by atoms with Crippen LogP contribution in [0.15, 0.2) is 72.9 Å². The monoisotopic (exact) mass is 449 g/mol. The molecule has 0 unspecified atom stereocenters. The first-order valence-electron chi connectivity index (χ1n) is 6.66. The molecule has 104 valence electrons. The number of rotatable bonds is 1. The second kappa shape index (κ2) is 5.79. The Balaban J connectivity index is 0.00000132. The molecular weight excluding hydrogens is 437 g/mol. The van der Waals surface area contributed by atoms with Crippen LogP contribution >= 0.6 is 0 Å². The molecule has 0 amide bonds. The fraction of sp³-hybridized carbons (Fsp3) is 0. The average molecular weight is 449 g/mol. The number of hydrogen-bond donors (Lipinski definition) is 0. The van der Waals surface area contributed by atoms with Gasteiger partial charge in [0.15, 0.2) is 0 Å². The minimum Gasteiger partial charge on any atom is -0.304 e. The predicted molar refractivity (Wildman–Crippen MR) is 83.5 cm³/mol. The third-order valence-electron chi connectivity index (χ3n) is 3.61. The van der Waals surface area contributed by atoms with Gasteiger partial charge in [-0.05, 0) is 16.5 Å². The summed E-state index contributed by atoms with van der Waals surface area (Å²) in [6, 6.07) is 26.2. The molecular formula is C19H12NPt-. The molecule has 0 spiro atoms. The maximum absolute atomic E-state index is 4.60. The number of hydrogen-bond acceptors (Lipinski definition) is 1. The van der Waals surface area contributed by atoms with Crippen LogP contribution < -0.4 is 0 Å². The molecule has 1 nitrogen and oxygen atoms in total. The maximum atomic E-state index is 4.60. The van der Waals surface area contributed by atoms with Gasteiger partial charge < -0.3 is 4.98 Å². The fourth-order valence-corrected chi connectivity index (χ4v) is 2.59. The van der Waals surface area contributed by atoms with Crippen molar-refractivity contribution < 1.29 is 21.1 Å². The molecule has 0 saturated carbocycles. The van der Waals surface area contributed by atoms with Crippen LogP contribution in [0, 0.1) is 6.07 Å². The molecule has 0 fully saturated rings. The zero-order valence-corrected chi connectivity index (χ0v) is 13.5. The number of aromatic nitrogens is 1. The molecule has 0 N–H and O–H groups in total. The first-order valence-corrected chi connectivity index (χ1v) is 6.66. The summed E-state index contributed by atoms with van der Waals surface area (Å²) in [4.78, 5) is 4.60. The third kappa shape index (κ3) is 2.50. The summed E-state index contributed by atoms with van der Waals surface area (Å²) in [6.07, 6.45) is 1.93. The van der Waals surface area contributed by atoms with Gasteiger partial charge in [-0.1, -0.05) is 60.0 Å². The van der Waals surface area contributed by atoms with E-state index in [9.17, 15) is 0 Å². The van der Waals surface area contributed by atoms with E-state index >= 15 is 0 Å². The van der Waals surface area contributed by atoms with Gasteiger partial charge in [0.05, 0.1) is 0 Å². The Labute approximate surface area is 137 Å². The molecule has 1 aromatic heterocycles. The van der Waals surface area contributed by atoms with Crippen LogP contribution in [0.4, 0.5) is 0 Å². The summed E-state index contributed by atoms with van der Waals surface area (Å²) in [7, 11) is 0. The smallest absolute Gasteiger partial charge is 0.0239 e. The van der Waals surface area contributed by atoms with E-state index in [4.69, 9.17) is 0 Å². The molecule has 0 aliphatic carbocycles. The van der Waals surface area contributed by atoms with Gasteiger partial charge in [-0.25, -0.2) is 0 Å². The van der Waals surface area contributed by atoms with Crippen molar-refractivity contribution in [3.8, 4) is 11.3 Å². The minimum absolute atomic E-state index is 0. The van der Waals surface area contributed by atoms with E-state index in [0.29, 0.717) is 0 Å². The van der Waals surface area contributed by atoms with E-state index in [0.717, 1.165) is 16.6 Å². The summed E-state index contributed by atoms with van der Waals surface area (Å²) in [5.74, 6) is 0. The van der Waals surface area contributed by atoms with E-state index in [1.54, 1.807) is 0 Å². The first kappa shape index (κ1) is 14.0. The van der Waals surface area contributed by atoms with Gasteiger partial charge in [-0.2, -0.15) is 0 Å². The first-order chi connectivity index (χ1) is 9.92. The molecule has 0 aliphatic rings. The topological polar surface area (TPSA) is 12.9 Å². The molecule has 0 saturated heterocycles. The molecule has 1 heterocycles. The van der Waals surface area contributed by atoms with E-state index in [2.05, 4.69) is 65.6 Å². The van der Waals surface area contributed by atoms with Gasteiger partial charge in [0, 0.05) is 27.3 Å². The fourth-order valence-electron chi connectivity index (χ4n) is 2.59. The van der Waals surface area contributed by atoms with Crippen LogP contribution in [-0.4, -0.2) is 4.98 Å². The van der Waals surface area contributed by atoms with E-state index in [1.165, 1.54) is 16.2 Å². The molecule has 3 aromatic carbocycles. The Morgan fingerprint density at radius 2 is 1.48 bits per heavy atom. The van der Waals surface area contributed by atoms with Crippen molar-refractivity contribution in [1.82, 2.24) is 4.98 Å². The largest absolute Gasteiger partial charge is 0.304 e. The maximum Gasteiger partial charge on any atom is 0.0239 e. The van der Waals surface area contributed by atoms with Crippen molar-refractivity contribution in [3.05, 3.63) is 79.0 Å². The standard InChI is InChI=1S/C19H12N.Pt/c1-2-8-16-13-20-19(12-15(16)7-1)18-11-5-9-14-6-3-4-10-17(14)18;/h1-10,12-13H;/q-1;. The van der Waals surface area contributed by atoms with Crippen LogP contribution in [0.5, 0.6) is 0 Å². The number of nitrogens with zero attached hydrogens (tertiary/aromatic N) is 1. The summed E-state index contributed by atoms with van der Waals surface area (Å²) >= 11 is 0. The molecule has 0 atom stereocenters. The van der Waals surface area contributed by atoms with Gasteiger partial charge in [-0.15, -0.1) is 29.1 Å². The zero-order chi connectivity index (χ0) is 13.4. The summed E-state index contributed by atoms with van der Waals surface area (Å²) < 4.78 is 0. The second-order valence-corrected chi connectivity index (χ2v) is 4.86. The van der Waals surface area contributed by atoms with Crippen molar-refractivity contribution in [2.45, 2.75) is 0 Å². The third-order valence-corrected chi connectivity index (χ3v) is 3.61. The summed E-state index contributed by atoms with van der Waals surface area (Å²) in [6.45, 7) is 0. The average Bonchev–Trinajstić information content (AvgIpc) is 2.54. The summed E-state index contributed by atoms with van der Waals surface area (Å²) in [5.41, 5.74) is 2.04. The van der Waals surface area contributed by atoms with Crippen molar-refractivity contribution >= 4 is 21.5 Å². The molecule has 4 rings (SSSR count). The van der Waals surface area contributed by atoms with Gasteiger partial charge in [0.2, 0.25) is 0 Å². The second-order valence-electron chi connectivity index (χ2n) is 4.86. The van der Waals surface area contributed by atoms with Crippen molar-refractivity contribution in [1.29, 1.82) is 0 Å². The van der Waals surface area contributed by atoms with E-state index < -0.39 is 0 Å². The van der Waals surface area contributed by atoms with Crippen molar-refractivity contribution in [2.75, 3.05) is 0 Å². The Bertz CT molecular complexity index is 910. The van der Waals surface area contributed by atoms with Gasteiger partial charge in [0.25, 0.3) is 0 Å². The Morgan fingerprint density at radius 3 is 2.33 bits per heavy atom. The predicted octanol–water partition coefficient (Wildman–Crippen LogP) is 4.85. The quantitative estimate of drug-likeness (QED) is 0.379. The number of pyridine rings is 1. The normalized spacial score (nSPS) is 10.5. The Kier molecular flexibility index (Phi) is 3.85. The molecule has 0 bridgehead atoms.